The summed E-state index contributed by atoms with van der Waals surface area (Å²) in [6.07, 6.45) is 1.49. The molecule has 2 aromatic carbocycles. The molecule has 0 fully saturated rings. The number of hydrogen-bond donors (Lipinski definition) is 2. The Morgan fingerprint density at radius 3 is 2.93 bits per heavy atom. The van der Waals surface area contributed by atoms with E-state index in [4.69, 9.17) is 21.0 Å². The molecule has 8 heteroatoms. The van der Waals surface area contributed by atoms with Crippen LogP contribution in [0.15, 0.2) is 60.8 Å². The lowest BCUT2D eigenvalue weighted by Crippen LogP contribution is -2.27. The molecule has 3 aromatic rings. The number of benzene rings is 2. The third-order valence-electron chi connectivity index (χ3n) is 4.08. The number of hydrogen-bond acceptors (Lipinski definition) is 5. The van der Waals surface area contributed by atoms with Gasteiger partial charge in [0, 0.05) is 23.5 Å². The Labute approximate surface area is 160 Å². The van der Waals surface area contributed by atoms with Gasteiger partial charge in [0.1, 0.15) is 5.75 Å². The average Bonchev–Trinajstić information content (AvgIpc) is 3.04. The van der Waals surface area contributed by atoms with Gasteiger partial charge in [-0.2, -0.15) is 0 Å². The summed E-state index contributed by atoms with van der Waals surface area (Å²) < 4.78 is 10.8. The van der Waals surface area contributed by atoms with Crippen molar-refractivity contribution in [1.29, 1.82) is 0 Å². The van der Waals surface area contributed by atoms with E-state index in [0.29, 0.717) is 34.5 Å². The van der Waals surface area contributed by atoms with Crippen LogP contribution in [0.3, 0.4) is 0 Å². The van der Waals surface area contributed by atoms with Gasteiger partial charge in [-0.25, -0.2) is 4.98 Å². The topological polar surface area (TPSA) is 80.7 Å². The fourth-order valence-electron chi connectivity index (χ4n) is 2.76. The van der Waals surface area contributed by atoms with Crippen molar-refractivity contribution in [2.75, 3.05) is 5.32 Å². The fourth-order valence-corrected chi connectivity index (χ4v) is 2.87. The molecular formula is C19H14BClN2O4. The number of fused-ring (bicyclic) bond motifs is 1. The molecule has 0 bridgehead atoms. The number of pyridine rings is 1. The van der Waals surface area contributed by atoms with Crippen molar-refractivity contribution in [3.8, 4) is 11.6 Å². The molecule has 134 valence electrons. The van der Waals surface area contributed by atoms with E-state index in [9.17, 15) is 9.82 Å². The minimum Gasteiger partial charge on any atom is -0.439 e. The quantitative estimate of drug-likeness (QED) is 0.680. The second-order valence-electron chi connectivity index (χ2n) is 5.98. The van der Waals surface area contributed by atoms with Gasteiger partial charge in [-0.3, -0.25) is 4.79 Å². The first kappa shape index (κ1) is 17.5. The van der Waals surface area contributed by atoms with Crippen LogP contribution < -0.4 is 15.5 Å². The predicted molar refractivity (Wildman–Crippen MR) is 103 cm³/mol. The summed E-state index contributed by atoms with van der Waals surface area (Å²) in [4.78, 5) is 16.6. The van der Waals surface area contributed by atoms with Gasteiger partial charge in [-0.15, -0.1) is 0 Å². The zero-order valence-corrected chi connectivity index (χ0v) is 14.8. The summed E-state index contributed by atoms with van der Waals surface area (Å²) in [6.45, 7) is 0.317. The largest absolute Gasteiger partial charge is 0.491 e. The zero-order valence-electron chi connectivity index (χ0n) is 14.1. The molecule has 0 spiro atoms. The van der Waals surface area contributed by atoms with Crippen molar-refractivity contribution < 1.29 is 19.2 Å². The van der Waals surface area contributed by atoms with Gasteiger partial charge in [0.15, 0.2) is 0 Å². The van der Waals surface area contributed by atoms with Crippen LogP contribution in [0, 0.1) is 0 Å². The summed E-state index contributed by atoms with van der Waals surface area (Å²) in [7, 11) is -0.903. The molecule has 1 aromatic heterocycles. The minimum absolute atomic E-state index is 0.274. The van der Waals surface area contributed by atoms with E-state index < -0.39 is 7.12 Å². The van der Waals surface area contributed by atoms with Crippen LogP contribution in [0.5, 0.6) is 11.6 Å². The lowest BCUT2D eigenvalue weighted by Gasteiger charge is -2.09. The Hall–Kier alpha value is -2.87. The Kier molecular flexibility index (Phi) is 4.81. The van der Waals surface area contributed by atoms with Crippen LogP contribution in [0.1, 0.15) is 15.9 Å². The molecule has 27 heavy (non-hydrogen) atoms. The first-order valence-electron chi connectivity index (χ1n) is 8.22. The minimum atomic E-state index is -0.903. The molecule has 0 atom stereocenters. The average molecular weight is 381 g/mol. The maximum atomic E-state index is 12.5. The number of ether oxygens (including phenoxy) is 1. The highest BCUT2D eigenvalue weighted by Gasteiger charge is 2.27. The van der Waals surface area contributed by atoms with Crippen LogP contribution in [0.25, 0.3) is 0 Å². The molecule has 0 saturated carbocycles. The zero-order chi connectivity index (χ0) is 18.8. The Bertz CT molecular complexity index is 997. The third kappa shape index (κ3) is 3.95. The lowest BCUT2D eigenvalue weighted by atomic mass is 9.79. The van der Waals surface area contributed by atoms with E-state index in [1.165, 1.54) is 6.20 Å². The van der Waals surface area contributed by atoms with E-state index in [-0.39, 0.29) is 5.91 Å². The molecule has 0 radical (unpaired) electrons. The number of amides is 1. The number of carbonyl (C=O) groups excluding carboxylic acids is 1. The molecule has 1 aliphatic rings. The van der Waals surface area contributed by atoms with Crippen molar-refractivity contribution in [2.45, 2.75) is 6.61 Å². The highest BCUT2D eigenvalue weighted by Crippen LogP contribution is 2.22. The molecule has 1 amide bonds. The van der Waals surface area contributed by atoms with Crippen LogP contribution in [0.4, 0.5) is 5.69 Å². The number of aromatic nitrogens is 1. The molecule has 2 heterocycles. The van der Waals surface area contributed by atoms with E-state index in [2.05, 4.69) is 10.3 Å². The Morgan fingerprint density at radius 1 is 1.22 bits per heavy atom. The van der Waals surface area contributed by atoms with Crippen LogP contribution >= 0.6 is 11.6 Å². The van der Waals surface area contributed by atoms with Gasteiger partial charge < -0.3 is 19.7 Å². The number of nitrogens with one attached hydrogen (secondary N) is 1. The first-order chi connectivity index (χ1) is 13.1. The molecule has 2 N–H and O–H groups in total. The SMILES string of the molecule is O=C(Nc1ccc2c(c1)COB2O)c1cccc(Oc2ccc(Cl)cn2)c1. The first-order valence-corrected chi connectivity index (χ1v) is 8.59. The monoisotopic (exact) mass is 380 g/mol. The second-order valence-corrected chi connectivity index (χ2v) is 6.41. The molecular weight excluding hydrogens is 366 g/mol. The van der Waals surface area contributed by atoms with E-state index in [0.717, 1.165) is 11.0 Å². The third-order valence-corrected chi connectivity index (χ3v) is 4.31. The maximum Gasteiger partial charge on any atom is 0.491 e. The molecule has 6 nitrogen and oxygen atoms in total. The van der Waals surface area contributed by atoms with E-state index in [1.54, 1.807) is 54.6 Å². The van der Waals surface area contributed by atoms with Gasteiger partial charge in [0.25, 0.3) is 5.91 Å². The van der Waals surface area contributed by atoms with E-state index >= 15 is 0 Å². The van der Waals surface area contributed by atoms with Gasteiger partial charge in [0.05, 0.1) is 11.6 Å². The van der Waals surface area contributed by atoms with Crippen LogP contribution in [-0.2, 0) is 11.3 Å². The van der Waals surface area contributed by atoms with Gasteiger partial charge >= 0.3 is 7.12 Å². The summed E-state index contributed by atoms with van der Waals surface area (Å²) in [6, 6.07) is 15.4. The number of nitrogens with zero attached hydrogens (tertiary/aromatic N) is 1. The van der Waals surface area contributed by atoms with Crippen molar-refractivity contribution >= 4 is 35.8 Å². The molecule has 0 unspecified atom stereocenters. The summed E-state index contributed by atoms with van der Waals surface area (Å²) in [5.74, 6) is 0.598. The van der Waals surface area contributed by atoms with Gasteiger partial charge in [-0.05, 0) is 47.4 Å². The van der Waals surface area contributed by atoms with E-state index in [1.807, 2.05) is 0 Å². The highest BCUT2D eigenvalue weighted by atomic mass is 35.5. The number of halogens is 1. The predicted octanol–water partition coefficient (Wildman–Crippen LogP) is 3.00. The van der Waals surface area contributed by atoms with Crippen molar-refractivity contribution in [1.82, 2.24) is 4.98 Å². The summed E-state index contributed by atoms with van der Waals surface area (Å²) >= 11 is 5.81. The molecule has 1 aliphatic heterocycles. The van der Waals surface area contributed by atoms with Crippen molar-refractivity contribution in [2.24, 2.45) is 0 Å². The fraction of sp³-hybridized carbons (Fsp3) is 0.0526. The standard InChI is InChI=1S/C19H14BClN2O4/c21-14-4-7-18(22-10-14)27-16-3-1-2-12(9-16)19(24)23-15-5-6-17-13(8-15)11-26-20(17)25/h1-10,25H,11H2,(H,23,24). The normalized spacial score (nSPS) is 12.6. The Balaban J connectivity index is 1.48. The maximum absolute atomic E-state index is 12.5. The molecule has 0 saturated heterocycles. The second kappa shape index (κ2) is 7.40. The summed E-state index contributed by atoms with van der Waals surface area (Å²) in [5.41, 5.74) is 2.64. The number of rotatable bonds is 4. The van der Waals surface area contributed by atoms with Crippen molar-refractivity contribution in [3.63, 3.8) is 0 Å². The highest BCUT2D eigenvalue weighted by molar-refractivity contribution is 6.61. The number of anilines is 1. The van der Waals surface area contributed by atoms with Crippen molar-refractivity contribution in [3.05, 3.63) is 76.9 Å². The smallest absolute Gasteiger partial charge is 0.439 e. The van der Waals surface area contributed by atoms with Crippen LogP contribution in [0.2, 0.25) is 5.02 Å². The van der Waals surface area contributed by atoms with Gasteiger partial charge in [-0.1, -0.05) is 23.7 Å². The molecule has 4 rings (SSSR count). The molecule has 0 aliphatic carbocycles. The summed E-state index contributed by atoms with van der Waals surface area (Å²) in [5, 5.41) is 13.0. The van der Waals surface area contributed by atoms with Gasteiger partial charge in [0.2, 0.25) is 5.88 Å². The Morgan fingerprint density at radius 2 is 2.11 bits per heavy atom. The lowest BCUT2D eigenvalue weighted by molar-refractivity contribution is 0.102. The number of carbonyl (C=O) groups is 1. The van der Waals surface area contributed by atoms with Crippen LogP contribution in [-0.4, -0.2) is 23.0 Å².